The molecule has 0 aliphatic heterocycles. The van der Waals surface area contributed by atoms with E-state index in [9.17, 15) is 4.79 Å². The lowest BCUT2D eigenvalue weighted by Crippen LogP contribution is -2.23. The van der Waals surface area contributed by atoms with Gasteiger partial charge >= 0.3 is 0 Å². The first-order valence-corrected chi connectivity index (χ1v) is 6.02. The van der Waals surface area contributed by atoms with Crippen LogP contribution in [-0.2, 0) is 11.3 Å². The second kappa shape index (κ2) is 6.44. The van der Waals surface area contributed by atoms with Crippen molar-refractivity contribution in [3.63, 3.8) is 0 Å². The van der Waals surface area contributed by atoms with Crippen LogP contribution in [0.3, 0.4) is 0 Å². The fourth-order valence-corrected chi connectivity index (χ4v) is 1.71. The molecule has 0 aromatic carbocycles. The number of rotatable bonds is 5. The van der Waals surface area contributed by atoms with Gasteiger partial charge in [-0.15, -0.1) is 0 Å². The molecule has 0 spiro atoms. The predicted octanol–water partition coefficient (Wildman–Crippen LogP) is 1.93. The molecule has 0 atom stereocenters. The van der Waals surface area contributed by atoms with Crippen LogP contribution in [0.25, 0.3) is 0 Å². The zero-order chi connectivity index (χ0) is 11.3. The quantitative estimate of drug-likeness (QED) is 0.466. The van der Waals surface area contributed by atoms with Gasteiger partial charge in [0.05, 0.1) is 6.33 Å². The highest BCUT2D eigenvalue weighted by atomic mass is 127. The highest BCUT2D eigenvalue weighted by Gasteiger charge is 2.05. The van der Waals surface area contributed by atoms with Crippen LogP contribution in [0.15, 0.2) is 11.1 Å². The molecule has 1 aromatic heterocycles. The molecule has 0 fully saturated rings. The Morgan fingerprint density at radius 3 is 3.00 bits per heavy atom. The maximum absolute atomic E-state index is 11.7. The topological polar surface area (TPSA) is 44.1 Å². The molecule has 1 rings (SSSR count). The van der Waals surface area contributed by atoms with Crippen molar-refractivity contribution in [2.24, 2.45) is 0 Å². The molecular weight excluding hydrogens is 330 g/mol. The third kappa shape index (κ3) is 3.73. The molecule has 0 aliphatic carbocycles. The van der Waals surface area contributed by atoms with Crippen molar-refractivity contribution in [2.45, 2.75) is 19.4 Å². The van der Waals surface area contributed by atoms with Gasteiger partial charge in [-0.2, -0.15) is 0 Å². The Morgan fingerprint density at radius 1 is 1.60 bits per heavy atom. The van der Waals surface area contributed by atoms with Crippen molar-refractivity contribution in [1.82, 2.24) is 9.55 Å². The average Bonchev–Trinajstić information content (AvgIpc) is 2.24. The standard InChI is InChI=1S/C9H12ClIN2O2/c1-15-5-3-2-4-13-6-12-8(10)7(11)9(13)14/h6H,2-5H2,1H3. The summed E-state index contributed by atoms with van der Waals surface area (Å²) in [5.41, 5.74) is -0.0759. The van der Waals surface area contributed by atoms with Crippen molar-refractivity contribution >= 4 is 34.2 Å². The van der Waals surface area contributed by atoms with E-state index in [4.69, 9.17) is 16.3 Å². The van der Waals surface area contributed by atoms with E-state index in [2.05, 4.69) is 4.98 Å². The molecule has 0 amide bonds. The predicted molar refractivity (Wildman–Crippen MR) is 67.3 cm³/mol. The molecular formula is C9H12ClIN2O2. The van der Waals surface area contributed by atoms with Crippen LogP contribution in [0.2, 0.25) is 5.15 Å². The largest absolute Gasteiger partial charge is 0.385 e. The molecule has 0 aliphatic rings. The van der Waals surface area contributed by atoms with E-state index in [1.54, 1.807) is 11.7 Å². The third-order valence-electron chi connectivity index (χ3n) is 1.94. The molecule has 0 saturated carbocycles. The monoisotopic (exact) mass is 342 g/mol. The lowest BCUT2D eigenvalue weighted by Gasteiger charge is -2.05. The van der Waals surface area contributed by atoms with Crippen molar-refractivity contribution < 1.29 is 4.74 Å². The van der Waals surface area contributed by atoms with Crippen LogP contribution in [0.1, 0.15) is 12.8 Å². The van der Waals surface area contributed by atoms with E-state index in [0.717, 1.165) is 12.8 Å². The van der Waals surface area contributed by atoms with Crippen LogP contribution in [0, 0.1) is 3.57 Å². The second-order valence-corrected chi connectivity index (χ2v) is 4.48. The zero-order valence-corrected chi connectivity index (χ0v) is 11.3. The summed E-state index contributed by atoms with van der Waals surface area (Å²) in [6.07, 6.45) is 3.31. The fraction of sp³-hybridized carbons (Fsp3) is 0.556. The number of methoxy groups -OCH3 is 1. The van der Waals surface area contributed by atoms with Gasteiger partial charge in [-0.05, 0) is 35.4 Å². The van der Waals surface area contributed by atoms with Gasteiger partial charge in [0.25, 0.3) is 5.56 Å². The summed E-state index contributed by atoms with van der Waals surface area (Å²) < 4.78 is 6.98. The lowest BCUT2D eigenvalue weighted by atomic mass is 10.3. The molecule has 1 heterocycles. The molecule has 1 aromatic rings. The first-order valence-electron chi connectivity index (χ1n) is 4.56. The van der Waals surface area contributed by atoms with Gasteiger partial charge in [0.15, 0.2) is 0 Å². The Morgan fingerprint density at radius 2 is 2.33 bits per heavy atom. The van der Waals surface area contributed by atoms with Crippen LogP contribution < -0.4 is 5.56 Å². The molecule has 0 unspecified atom stereocenters. The zero-order valence-electron chi connectivity index (χ0n) is 8.37. The summed E-state index contributed by atoms with van der Waals surface area (Å²) in [5, 5.41) is 0.272. The van der Waals surface area contributed by atoms with Crippen LogP contribution >= 0.6 is 34.2 Å². The van der Waals surface area contributed by atoms with E-state index in [1.165, 1.54) is 6.33 Å². The number of hydrogen-bond donors (Lipinski definition) is 0. The Bertz CT molecular complexity index is 381. The Labute approximate surface area is 107 Å². The van der Waals surface area contributed by atoms with Gasteiger partial charge < -0.3 is 4.74 Å². The Hall–Kier alpha value is -0.140. The van der Waals surface area contributed by atoms with Gasteiger partial charge in [-0.3, -0.25) is 9.36 Å². The highest BCUT2D eigenvalue weighted by Crippen LogP contribution is 2.09. The van der Waals surface area contributed by atoms with Crippen molar-refractivity contribution in [3.8, 4) is 0 Å². The lowest BCUT2D eigenvalue weighted by molar-refractivity contribution is 0.191. The number of halogens is 2. The summed E-state index contributed by atoms with van der Waals surface area (Å²) in [6.45, 7) is 1.37. The maximum Gasteiger partial charge on any atom is 0.268 e. The Kier molecular flexibility index (Phi) is 5.55. The number of aromatic nitrogens is 2. The van der Waals surface area contributed by atoms with Crippen LogP contribution in [0.4, 0.5) is 0 Å². The summed E-state index contributed by atoms with van der Waals surface area (Å²) in [6, 6.07) is 0. The van der Waals surface area contributed by atoms with Crippen molar-refractivity contribution in [3.05, 3.63) is 25.4 Å². The van der Waals surface area contributed by atoms with E-state index < -0.39 is 0 Å². The van der Waals surface area contributed by atoms with Gasteiger partial charge in [0.2, 0.25) is 0 Å². The third-order valence-corrected chi connectivity index (χ3v) is 3.52. The van der Waals surface area contributed by atoms with Gasteiger partial charge in [0.1, 0.15) is 8.72 Å². The number of hydrogen-bond acceptors (Lipinski definition) is 3. The number of ether oxygens (including phenoxy) is 1. The summed E-state index contributed by atoms with van der Waals surface area (Å²) in [4.78, 5) is 15.6. The molecule has 84 valence electrons. The number of aryl methyl sites for hydroxylation is 1. The van der Waals surface area contributed by atoms with E-state index >= 15 is 0 Å². The van der Waals surface area contributed by atoms with Gasteiger partial charge in [0, 0.05) is 20.3 Å². The van der Waals surface area contributed by atoms with Crippen molar-refractivity contribution in [1.29, 1.82) is 0 Å². The smallest absolute Gasteiger partial charge is 0.268 e. The summed E-state index contributed by atoms with van der Waals surface area (Å²) in [5.74, 6) is 0. The van der Waals surface area contributed by atoms with Crippen LogP contribution in [0.5, 0.6) is 0 Å². The first kappa shape index (κ1) is 12.9. The van der Waals surface area contributed by atoms with E-state index in [0.29, 0.717) is 16.7 Å². The minimum atomic E-state index is -0.0759. The molecule has 4 nitrogen and oxygen atoms in total. The number of nitrogens with zero attached hydrogens (tertiary/aromatic N) is 2. The van der Waals surface area contributed by atoms with E-state index in [1.807, 2.05) is 22.6 Å². The normalized spacial score (nSPS) is 10.6. The first-order chi connectivity index (χ1) is 7.16. The minimum Gasteiger partial charge on any atom is -0.385 e. The molecule has 0 N–H and O–H groups in total. The second-order valence-electron chi connectivity index (χ2n) is 3.05. The molecule has 0 bridgehead atoms. The SMILES string of the molecule is COCCCCn1cnc(Cl)c(I)c1=O. The van der Waals surface area contributed by atoms with Crippen molar-refractivity contribution in [2.75, 3.05) is 13.7 Å². The minimum absolute atomic E-state index is 0.0759. The Balaban J connectivity index is 2.63. The summed E-state index contributed by atoms with van der Waals surface area (Å²) in [7, 11) is 1.67. The maximum atomic E-state index is 11.7. The number of unbranched alkanes of at least 4 members (excludes halogenated alkanes) is 1. The molecule has 0 saturated heterocycles. The molecule has 6 heteroatoms. The average molecular weight is 343 g/mol. The summed E-state index contributed by atoms with van der Waals surface area (Å²) >= 11 is 7.63. The van der Waals surface area contributed by atoms with E-state index in [-0.39, 0.29) is 10.7 Å². The fourth-order valence-electron chi connectivity index (χ4n) is 1.13. The van der Waals surface area contributed by atoms with Crippen LogP contribution in [-0.4, -0.2) is 23.3 Å². The highest BCUT2D eigenvalue weighted by molar-refractivity contribution is 14.1. The molecule has 15 heavy (non-hydrogen) atoms. The van der Waals surface area contributed by atoms with Gasteiger partial charge in [-0.25, -0.2) is 4.98 Å². The van der Waals surface area contributed by atoms with Gasteiger partial charge in [-0.1, -0.05) is 11.6 Å². The molecule has 0 radical (unpaired) electrons.